The minimum absolute atomic E-state index is 0.0725. The Bertz CT molecular complexity index is 1720. The van der Waals surface area contributed by atoms with Crippen LogP contribution in [-0.4, -0.2) is 60.9 Å². The molecule has 0 saturated heterocycles. The van der Waals surface area contributed by atoms with Gasteiger partial charge in [-0.05, 0) is 81.4 Å². The first-order valence-corrected chi connectivity index (χ1v) is 20.9. The van der Waals surface area contributed by atoms with Gasteiger partial charge in [0.1, 0.15) is 18.0 Å². The van der Waals surface area contributed by atoms with Crippen molar-refractivity contribution >= 4 is 40.0 Å². The van der Waals surface area contributed by atoms with Crippen LogP contribution in [-0.2, 0) is 19.1 Å². The Morgan fingerprint density at radius 3 is 2.05 bits per heavy atom. The van der Waals surface area contributed by atoms with E-state index in [1.807, 2.05) is 13.1 Å². The van der Waals surface area contributed by atoms with E-state index < -0.39 is 23.4 Å². The molecule has 0 aliphatic carbocycles. The van der Waals surface area contributed by atoms with Crippen molar-refractivity contribution in [2.75, 3.05) is 26.7 Å². The summed E-state index contributed by atoms with van der Waals surface area (Å²) in [6.07, 6.45) is 27.3. The lowest BCUT2D eigenvalue weighted by molar-refractivity contribution is -0.153. The zero-order valence-corrected chi connectivity index (χ0v) is 35.1. The van der Waals surface area contributed by atoms with Gasteiger partial charge in [-0.3, -0.25) is 14.4 Å². The first kappa shape index (κ1) is 48.4. The second kappa shape index (κ2) is 29.5. The van der Waals surface area contributed by atoms with Gasteiger partial charge in [0.05, 0.1) is 13.0 Å². The Hall–Kier alpha value is -4.77. The molecule has 2 atom stereocenters. The highest BCUT2D eigenvalue weighted by molar-refractivity contribution is 7.10. The molecule has 2 aromatic carbocycles. The Balaban J connectivity index is 0.000000446. The molecule has 0 aliphatic heterocycles. The SMILES string of the molecule is CCC=CCC=CCC=CCC=CCC=CCCCC(=O)OCC(C)(C)[C@@H](O)C(=O)NCCC(=O)O.CNCC[C@H](Oc1cccc2ccccc12)c1cccs1. The van der Waals surface area contributed by atoms with Gasteiger partial charge >= 0.3 is 11.9 Å². The summed E-state index contributed by atoms with van der Waals surface area (Å²) in [6, 6.07) is 18.8. The lowest BCUT2D eigenvalue weighted by Crippen LogP contribution is -2.46. The van der Waals surface area contributed by atoms with E-state index in [1.54, 1.807) is 25.2 Å². The van der Waals surface area contributed by atoms with Crippen LogP contribution in [0, 0.1) is 5.41 Å². The number of allylic oxidation sites excluding steroid dienone is 10. The molecule has 0 radical (unpaired) electrons. The maximum absolute atomic E-state index is 12.0. The molecule has 3 aromatic rings. The van der Waals surface area contributed by atoms with Crippen LogP contribution in [0.5, 0.6) is 5.75 Å². The number of rotatable bonds is 26. The van der Waals surface area contributed by atoms with E-state index in [0.717, 1.165) is 57.2 Å². The monoisotopic (exact) mass is 800 g/mol. The summed E-state index contributed by atoms with van der Waals surface area (Å²) in [4.78, 5) is 35.7. The molecule has 310 valence electrons. The smallest absolute Gasteiger partial charge is 0.305 e. The summed E-state index contributed by atoms with van der Waals surface area (Å²) in [5, 5.41) is 28.8. The van der Waals surface area contributed by atoms with Gasteiger partial charge in [0.15, 0.2) is 0 Å². The Kier molecular flexibility index (Phi) is 25.0. The van der Waals surface area contributed by atoms with Crippen molar-refractivity contribution in [3.05, 3.63) is 126 Å². The van der Waals surface area contributed by atoms with E-state index in [2.05, 4.69) is 132 Å². The first-order chi connectivity index (χ1) is 27.6. The number of hydrogen-bond acceptors (Lipinski definition) is 8. The number of amides is 1. The fourth-order valence-electron chi connectivity index (χ4n) is 5.36. The molecule has 0 spiro atoms. The lowest BCUT2D eigenvalue weighted by Gasteiger charge is -2.28. The number of thiophene rings is 1. The summed E-state index contributed by atoms with van der Waals surface area (Å²) in [5.41, 5.74) is -0.993. The number of carboxylic acids is 1. The quantitative estimate of drug-likeness (QED) is 0.0358. The number of benzene rings is 2. The van der Waals surface area contributed by atoms with E-state index in [4.69, 9.17) is 14.6 Å². The average Bonchev–Trinajstić information content (AvgIpc) is 3.75. The van der Waals surface area contributed by atoms with Crippen LogP contribution >= 0.6 is 11.3 Å². The van der Waals surface area contributed by atoms with Crippen LogP contribution in [0.3, 0.4) is 0 Å². The van der Waals surface area contributed by atoms with Gasteiger partial charge < -0.3 is 30.3 Å². The largest absolute Gasteiger partial charge is 0.484 e. The fourth-order valence-corrected chi connectivity index (χ4v) is 6.14. The molecule has 4 N–H and O–H groups in total. The molecule has 0 fully saturated rings. The minimum Gasteiger partial charge on any atom is -0.484 e. The Labute approximate surface area is 344 Å². The number of aliphatic hydroxyl groups is 1. The fraction of sp³-hybridized carbons (Fsp3) is 0.426. The Morgan fingerprint density at radius 1 is 0.807 bits per heavy atom. The molecule has 1 heterocycles. The van der Waals surface area contributed by atoms with Crippen LogP contribution in [0.4, 0.5) is 0 Å². The van der Waals surface area contributed by atoms with Crippen LogP contribution in [0.1, 0.15) is 96.0 Å². The summed E-state index contributed by atoms with van der Waals surface area (Å²) in [5.74, 6) is -1.14. The summed E-state index contributed by atoms with van der Waals surface area (Å²) >= 11 is 1.75. The molecular formula is C47H64N2O7S. The van der Waals surface area contributed by atoms with Crippen LogP contribution in [0.25, 0.3) is 10.8 Å². The molecular weight excluding hydrogens is 737 g/mol. The average molecular weight is 801 g/mol. The van der Waals surface area contributed by atoms with Crippen molar-refractivity contribution in [1.82, 2.24) is 10.6 Å². The number of unbranched alkanes of at least 4 members (excludes halogenated alkanes) is 1. The van der Waals surface area contributed by atoms with Crippen molar-refractivity contribution in [3.8, 4) is 5.75 Å². The predicted octanol–water partition coefficient (Wildman–Crippen LogP) is 10.1. The number of nitrogens with one attached hydrogen (secondary N) is 2. The molecule has 1 amide bonds. The number of fused-ring (bicyclic) bond motifs is 1. The zero-order chi connectivity index (χ0) is 41.6. The number of esters is 1. The second-order valence-corrected chi connectivity index (χ2v) is 15.1. The van der Waals surface area contributed by atoms with Crippen molar-refractivity contribution in [3.63, 3.8) is 0 Å². The maximum atomic E-state index is 12.0. The van der Waals surface area contributed by atoms with Gasteiger partial charge in [-0.15, -0.1) is 11.3 Å². The Morgan fingerprint density at radius 2 is 1.44 bits per heavy atom. The zero-order valence-electron chi connectivity index (χ0n) is 34.2. The molecule has 57 heavy (non-hydrogen) atoms. The highest BCUT2D eigenvalue weighted by Gasteiger charge is 2.35. The van der Waals surface area contributed by atoms with Crippen LogP contribution < -0.4 is 15.4 Å². The molecule has 1 aromatic heterocycles. The number of aliphatic hydroxyl groups excluding tert-OH is 1. The van der Waals surface area contributed by atoms with Crippen LogP contribution in [0.2, 0.25) is 0 Å². The standard InChI is InChI=1S/C29H45NO6.C18H19NOS/c1-4-5-6-7-8-9-10-11-12-13-14-15-16-17-18-19-20-21-26(33)36-24-29(2,3)27(34)28(35)30-23-22-25(31)32;1-19-12-11-17(18-10-5-13-21-18)20-16-9-4-7-14-6-2-3-8-15(14)16/h5-6,8-9,11-12,14-15,17-18,27,34H,4,7,10,13,16,19-24H2,1-3H3,(H,30,35)(H,31,32);2-10,13,17,19H,11-12H2,1H3/t27-;17-/m00/s1. The van der Waals surface area contributed by atoms with E-state index in [9.17, 15) is 19.5 Å². The third kappa shape index (κ3) is 21.4. The molecule has 0 unspecified atom stereocenters. The van der Waals surface area contributed by atoms with Gasteiger partial charge in [0.2, 0.25) is 5.91 Å². The molecule has 10 heteroatoms. The number of carbonyl (C=O) groups excluding carboxylic acids is 2. The van der Waals surface area contributed by atoms with Crippen molar-refractivity contribution < 1.29 is 34.1 Å². The van der Waals surface area contributed by atoms with E-state index in [1.165, 1.54) is 15.6 Å². The van der Waals surface area contributed by atoms with Crippen LogP contribution in [0.15, 0.2) is 121 Å². The number of hydrogen-bond donors (Lipinski definition) is 4. The van der Waals surface area contributed by atoms with Gasteiger partial charge in [-0.25, -0.2) is 0 Å². The predicted molar refractivity (Wildman–Crippen MR) is 234 cm³/mol. The number of carboxylic acid groups (broad SMARTS) is 1. The highest BCUT2D eigenvalue weighted by atomic mass is 32.1. The maximum Gasteiger partial charge on any atom is 0.305 e. The van der Waals surface area contributed by atoms with Crippen molar-refractivity contribution in [1.29, 1.82) is 0 Å². The molecule has 0 bridgehead atoms. The lowest BCUT2D eigenvalue weighted by atomic mass is 9.87. The van der Waals surface area contributed by atoms with Gasteiger partial charge in [-0.2, -0.15) is 0 Å². The number of aliphatic carboxylic acids is 1. The van der Waals surface area contributed by atoms with Gasteiger partial charge in [0, 0.05) is 35.1 Å². The molecule has 9 nitrogen and oxygen atoms in total. The molecule has 0 saturated carbocycles. The summed E-state index contributed by atoms with van der Waals surface area (Å²) < 4.78 is 11.6. The highest BCUT2D eigenvalue weighted by Crippen LogP contribution is 2.32. The van der Waals surface area contributed by atoms with E-state index in [-0.39, 0.29) is 38.1 Å². The van der Waals surface area contributed by atoms with Gasteiger partial charge in [-0.1, -0.05) is 124 Å². The minimum atomic E-state index is -1.42. The van der Waals surface area contributed by atoms with E-state index >= 15 is 0 Å². The number of carbonyl (C=O) groups is 3. The summed E-state index contributed by atoms with van der Waals surface area (Å²) in [7, 11) is 1.98. The third-order valence-corrected chi connectivity index (χ3v) is 9.64. The topological polar surface area (TPSA) is 134 Å². The normalized spacial score (nSPS) is 13.1. The van der Waals surface area contributed by atoms with E-state index in [0.29, 0.717) is 6.42 Å². The third-order valence-electron chi connectivity index (χ3n) is 8.68. The van der Waals surface area contributed by atoms with Gasteiger partial charge in [0.25, 0.3) is 0 Å². The first-order valence-electron chi connectivity index (χ1n) is 20.0. The van der Waals surface area contributed by atoms with Crippen molar-refractivity contribution in [2.24, 2.45) is 5.41 Å². The molecule has 0 aliphatic rings. The molecule has 3 rings (SSSR count). The second-order valence-electron chi connectivity index (χ2n) is 14.1. The number of ether oxygens (including phenoxy) is 2. The summed E-state index contributed by atoms with van der Waals surface area (Å²) in [6.45, 7) is 6.11. The van der Waals surface area contributed by atoms with Crippen molar-refractivity contribution in [2.45, 2.75) is 97.2 Å².